The lowest BCUT2D eigenvalue weighted by Gasteiger charge is -2.26. The predicted octanol–water partition coefficient (Wildman–Crippen LogP) is 5.26. The van der Waals surface area contributed by atoms with Crippen molar-refractivity contribution in [2.45, 2.75) is 0 Å². The van der Waals surface area contributed by atoms with Gasteiger partial charge in [-0.2, -0.15) is 0 Å². The molecule has 0 aliphatic carbocycles. The summed E-state index contributed by atoms with van der Waals surface area (Å²) >= 11 is 0. The number of anilines is 8. The van der Waals surface area contributed by atoms with Crippen LogP contribution < -0.4 is 19.6 Å². The quantitative estimate of drug-likeness (QED) is 0.382. The summed E-state index contributed by atoms with van der Waals surface area (Å²) in [6.45, 7) is 0. The van der Waals surface area contributed by atoms with Crippen molar-refractivity contribution in [3.8, 4) is 0 Å². The molecule has 7 nitrogen and oxygen atoms in total. The number of hydrogen-bond donors (Lipinski definition) is 0. The summed E-state index contributed by atoms with van der Waals surface area (Å²) in [5.41, 5.74) is 2.09. The third kappa shape index (κ3) is 3.47. The van der Waals surface area contributed by atoms with Crippen molar-refractivity contribution in [1.82, 2.24) is 15.0 Å². The van der Waals surface area contributed by atoms with E-state index in [0.717, 1.165) is 46.3 Å². The van der Waals surface area contributed by atoms with E-state index in [4.69, 9.17) is 15.0 Å². The molecule has 4 aromatic rings. The average Bonchev–Trinajstić information content (AvgIpc) is 2.86. The van der Waals surface area contributed by atoms with Crippen molar-refractivity contribution < 1.29 is 0 Å². The van der Waals surface area contributed by atoms with Gasteiger partial charge in [0.15, 0.2) is 0 Å². The zero-order valence-electron chi connectivity index (χ0n) is 18.6. The fourth-order valence-electron chi connectivity index (χ4n) is 3.77. The Labute approximate surface area is 188 Å². The number of fused-ring (bicyclic) bond motifs is 8. The fraction of sp³-hybridized carbons (Fsp3) is 0.160. The molecule has 1 aliphatic heterocycles. The number of rotatable bonds is 0. The Kier molecular flexibility index (Phi) is 4.86. The van der Waals surface area contributed by atoms with Gasteiger partial charge in [0.2, 0.25) is 0 Å². The van der Waals surface area contributed by atoms with Crippen LogP contribution in [0, 0.1) is 0 Å². The van der Waals surface area contributed by atoms with E-state index < -0.39 is 0 Å². The van der Waals surface area contributed by atoms with Crippen LogP contribution in [0.4, 0.5) is 46.3 Å². The van der Waals surface area contributed by atoms with Gasteiger partial charge in [-0.15, -0.1) is 0 Å². The molecule has 0 atom stereocenters. The van der Waals surface area contributed by atoms with Crippen LogP contribution in [-0.4, -0.2) is 43.1 Å². The lowest BCUT2D eigenvalue weighted by molar-refractivity contribution is 1.02. The molecule has 0 radical (unpaired) electrons. The fourth-order valence-corrected chi connectivity index (χ4v) is 3.77. The van der Waals surface area contributed by atoms with Gasteiger partial charge in [-0.1, -0.05) is 24.3 Å². The highest BCUT2D eigenvalue weighted by atomic mass is 15.3. The Bertz CT molecular complexity index is 997. The van der Waals surface area contributed by atoms with E-state index in [-0.39, 0.29) is 0 Å². The third-order valence-corrected chi connectivity index (χ3v) is 5.83. The van der Waals surface area contributed by atoms with Crippen LogP contribution in [0.1, 0.15) is 0 Å². The first-order valence-corrected chi connectivity index (χ1v) is 10.5. The molecule has 0 unspecified atom stereocenters. The first kappa shape index (κ1) is 19.8. The Balaban J connectivity index is 1.72. The van der Waals surface area contributed by atoms with E-state index >= 15 is 0 Å². The molecule has 0 fully saturated rings. The number of benzene rings is 1. The number of nitrogens with zero attached hydrogens (tertiary/aromatic N) is 7. The summed E-state index contributed by atoms with van der Waals surface area (Å²) in [7, 11) is 8.02. The maximum atomic E-state index is 4.90. The van der Waals surface area contributed by atoms with Crippen molar-refractivity contribution in [2.24, 2.45) is 0 Å². The van der Waals surface area contributed by atoms with Gasteiger partial charge in [0.1, 0.15) is 34.9 Å². The Morgan fingerprint density at radius 1 is 0.406 bits per heavy atom. The Morgan fingerprint density at radius 2 is 0.688 bits per heavy atom. The van der Waals surface area contributed by atoms with E-state index in [1.54, 1.807) is 0 Å². The highest BCUT2D eigenvalue weighted by Gasteiger charge is 2.16. The van der Waals surface area contributed by atoms with E-state index in [2.05, 4.69) is 34.1 Å². The third-order valence-electron chi connectivity index (χ3n) is 5.83. The predicted molar refractivity (Wildman–Crippen MR) is 131 cm³/mol. The van der Waals surface area contributed by atoms with E-state index in [9.17, 15) is 0 Å². The summed E-state index contributed by atoms with van der Waals surface area (Å²) in [4.78, 5) is 22.8. The molecule has 0 N–H and O–H groups in total. The van der Waals surface area contributed by atoms with Crippen molar-refractivity contribution in [2.75, 3.05) is 47.8 Å². The zero-order valence-corrected chi connectivity index (χ0v) is 18.6. The van der Waals surface area contributed by atoms with Crippen molar-refractivity contribution in [3.63, 3.8) is 0 Å². The minimum Gasteiger partial charge on any atom is -0.329 e. The van der Waals surface area contributed by atoms with Gasteiger partial charge in [0, 0.05) is 39.6 Å². The minimum atomic E-state index is 0.809. The maximum absolute atomic E-state index is 4.90. The molecule has 160 valence electrons. The van der Waals surface area contributed by atoms with Gasteiger partial charge in [-0.25, -0.2) is 15.0 Å². The van der Waals surface area contributed by atoms with Gasteiger partial charge >= 0.3 is 0 Å². The van der Waals surface area contributed by atoms with Crippen LogP contribution in [0.15, 0.2) is 78.9 Å². The number of hydrogen-bond acceptors (Lipinski definition) is 7. The molecule has 0 amide bonds. The molecule has 0 saturated carbocycles. The summed E-state index contributed by atoms with van der Waals surface area (Å²) in [6.07, 6.45) is 0. The molecule has 1 aliphatic rings. The molecular formula is C25H25N7. The van der Waals surface area contributed by atoms with Crippen LogP contribution in [0.3, 0.4) is 0 Å². The van der Waals surface area contributed by atoms with E-state index in [0.29, 0.717) is 0 Å². The molecule has 8 bridgehead atoms. The monoisotopic (exact) mass is 423 g/mol. The highest BCUT2D eigenvalue weighted by Crippen LogP contribution is 2.32. The molecule has 32 heavy (non-hydrogen) atoms. The second-order valence-electron chi connectivity index (χ2n) is 7.82. The highest BCUT2D eigenvalue weighted by molar-refractivity contribution is 5.71. The first-order chi connectivity index (χ1) is 15.5. The van der Waals surface area contributed by atoms with Crippen LogP contribution in [0.2, 0.25) is 0 Å². The first-order valence-electron chi connectivity index (χ1n) is 10.5. The SMILES string of the molecule is CN1c2cccc(c2)N(C)c2cccc(n2)N(C)c2cccc(n2)N(C)c2cccc1n2. The molecule has 0 spiro atoms. The molecule has 7 heteroatoms. The largest absolute Gasteiger partial charge is 0.329 e. The molecule has 1 aromatic carbocycles. The van der Waals surface area contributed by atoms with Gasteiger partial charge in [0.25, 0.3) is 0 Å². The number of aromatic nitrogens is 3. The molecule has 4 heterocycles. The van der Waals surface area contributed by atoms with E-state index in [1.165, 1.54) is 0 Å². The molecule has 3 aromatic heterocycles. The van der Waals surface area contributed by atoms with Crippen LogP contribution in [0.25, 0.3) is 0 Å². The molecular weight excluding hydrogens is 398 g/mol. The van der Waals surface area contributed by atoms with Crippen LogP contribution >= 0.6 is 0 Å². The summed E-state index contributed by atoms with van der Waals surface area (Å²) < 4.78 is 0. The Morgan fingerprint density at radius 3 is 1.03 bits per heavy atom. The lowest BCUT2D eigenvalue weighted by Crippen LogP contribution is -2.19. The second kappa shape index (κ2) is 7.85. The van der Waals surface area contributed by atoms with E-state index in [1.807, 2.05) is 92.6 Å². The number of pyridine rings is 3. The molecule has 0 saturated heterocycles. The van der Waals surface area contributed by atoms with Gasteiger partial charge in [-0.05, 0) is 54.6 Å². The standard InChI is InChI=1S/C25H25N7/c1-29-18-9-5-10-19(17-18)30(2)21-12-7-14-23(27-21)32(4)25-16-8-15-24(28-25)31(3)22-13-6-11-20(29)26-22/h5-17H,1-4H3. The zero-order chi connectivity index (χ0) is 22.2. The summed E-state index contributed by atoms with van der Waals surface area (Å²) in [5, 5.41) is 0. The lowest BCUT2D eigenvalue weighted by atomic mass is 10.2. The van der Waals surface area contributed by atoms with Gasteiger partial charge < -0.3 is 19.6 Å². The van der Waals surface area contributed by atoms with Crippen LogP contribution in [0.5, 0.6) is 0 Å². The Hall–Kier alpha value is -4.13. The second-order valence-corrected chi connectivity index (χ2v) is 7.82. The van der Waals surface area contributed by atoms with Crippen LogP contribution in [-0.2, 0) is 0 Å². The van der Waals surface area contributed by atoms with Gasteiger partial charge in [0.05, 0.1) is 0 Å². The summed E-state index contributed by atoms with van der Waals surface area (Å²) in [5.74, 6) is 4.97. The van der Waals surface area contributed by atoms with Crippen molar-refractivity contribution >= 4 is 46.3 Å². The minimum absolute atomic E-state index is 0.809. The molecule has 5 rings (SSSR count). The topological polar surface area (TPSA) is 51.6 Å². The smallest absolute Gasteiger partial charge is 0.136 e. The average molecular weight is 424 g/mol. The normalized spacial score (nSPS) is 13.4. The maximum Gasteiger partial charge on any atom is 0.136 e. The van der Waals surface area contributed by atoms with Crippen molar-refractivity contribution in [1.29, 1.82) is 0 Å². The summed E-state index contributed by atoms with van der Waals surface area (Å²) in [6, 6.07) is 26.4. The van der Waals surface area contributed by atoms with Gasteiger partial charge in [-0.3, -0.25) is 0 Å². The van der Waals surface area contributed by atoms with Crippen molar-refractivity contribution in [3.05, 3.63) is 78.9 Å².